The Bertz CT molecular complexity index is 309. The predicted molar refractivity (Wildman–Crippen MR) is 65.2 cm³/mol. The van der Waals surface area contributed by atoms with Crippen molar-refractivity contribution in [3.8, 4) is 0 Å². The Hall–Kier alpha value is -0.830. The van der Waals surface area contributed by atoms with Crippen molar-refractivity contribution in [1.82, 2.24) is 0 Å². The van der Waals surface area contributed by atoms with Gasteiger partial charge < -0.3 is 9.47 Å². The van der Waals surface area contributed by atoms with Crippen molar-refractivity contribution in [3.05, 3.63) is 12.2 Å². The Morgan fingerprint density at radius 1 is 1.41 bits per heavy atom. The third kappa shape index (κ3) is 3.09. The fourth-order valence-electron chi connectivity index (χ4n) is 2.87. The zero-order chi connectivity index (χ0) is 12.4. The minimum absolute atomic E-state index is 0.222. The van der Waals surface area contributed by atoms with Crippen LogP contribution < -0.4 is 0 Å². The highest BCUT2D eigenvalue weighted by atomic mass is 16.7. The van der Waals surface area contributed by atoms with Gasteiger partial charge in [-0.05, 0) is 36.7 Å². The van der Waals surface area contributed by atoms with Gasteiger partial charge in [0.25, 0.3) is 0 Å². The van der Waals surface area contributed by atoms with Crippen LogP contribution in [0.2, 0.25) is 0 Å². The number of rotatable bonds is 3. The molecule has 0 aromatic rings. The van der Waals surface area contributed by atoms with Crippen LogP contribution in [0.4, 0.5) is 0 Å². The third-order valence-corrected chi connectivity index (χ3v) is 3.89. The number of hydrogen-bond donors (Lipinski definition) is 0. The number of hydrogen-bond acceptors (Lipinski definition) is 3. The van der Waals surface area contributed by atoms with E-state index in [2.05, 4.69) is 20.8 Å². The summed E-state index contributed by atoms with van der Waals surface area (Å²) in [6.45, 7) is 6.75. The zero-order valence-corrected chi connectivity index (χ0v) is 10.9. The maximum absolute atomic E-state index is 11.0. The van der Waals surface area contributed by atoms with E-state index in [4.69, 9.17) is 9.47 Å². The minimum atomic E-state index is -0.459. The molecule has 0 N–H and O–H groups in total. The third-order valence-electron chi connectivity index (χ3n) is 3.89. The number of carbonyl (C=O) groups excluding carboxylic acids is 1. The van der Waals surface area contributed by atoms with Crippen LogP contribution in [0.25, 0.3) is 0 Å². The van der Waals surface area contributed by atoms with Crippen molar-refractivity contribution in [2.45, 2.75) is 52.4 Å². The van der Waals surface area contributed by atoms with Crippen LogP contribution in [0.3, 0.4) is 0 Å². The molecule has 1 aliphatic carbocycles. The SMILES string of the molecule is CC(C)[C@@H]1CC[C@H](C)C[C@H]1O[C@H]1C=CC(=O)O1. The van der Waals surface area contributed by atoms with Gasteiger partial charge in [-0.1, -0.05) is 27.2 Å². The smallest absolute Gasteiger partial charge is 0.333 e. The fraction of sp³-hybridized carbons (Fsp3) is 0.786. The monoisotopic (exact) mass is 238 g/mol. The Morgan fingerprint density at radius 3 is 2.76 bits per heavy atom. The van der Waals surface area contributed by atoms with E-state index in [1.165, 1.54) is 18.9 Å². The van der Waals surface area contributed by atoms with Crippen molar-refractivity contribution in [1.29, 1.82) is 0 Å². The van der Waals surface area contributed by atoms with E-state index in [9.17, 15) is 4.79 Å². The molecule has 2 aliphatic rings. The van der Waals surface area contributed by atoms with Gasteiger partial charge in [0.05, 0.1) is 6.10 Å². The second-order valence-electron chi connectivity index (χ2n) is 5.67. The first-order chi connectivity index (χ1) is 8.06. The first-order valence-electron chi connectivity index (χ1n) is 6.60. The normalized spacial score (nSPS) is 37.5. The summed E-state index contributed by atoms with van der Waals surface area (Å²) >= 11 is 0. The second kappa shape index (κ2) is 5.21. The van der Waals surface area contributed by atoms with E-state index in [1.54, 1.807) is 6.08 Å². The molecule has 0 aromatic heterocycles. The molecule has 0 aromatic carbocycles. The van der Waals surface area contributed by atoms with Gasteiger partial charge in [0.15, 0.2) is 0 Å². The summed E-state index contributed by atoms with van der Waals surface area (Å²) in [6.07, 6.45) is 6.49. The summed E-state index contributed by atoms with van der Waals surface area (Å²) in [5.41, 5.74) is 0. The molecule has 0 saturated heterocycles. The predicted octanol–water partition coefficient (Wildman–Crippen LogP) is 2.90. The lowest BCUT2D eigenvalue weighted by Gasteiger charge is -2.37. The highest BCUT2D eigenvalue weighted by Crippen LogP contribution is 2.36. The van der Waals surface area contributed by atoms with E-state index in [0.717, 1.165) is 6.42 Å². The van der Waals surface area contributed by atoms with Gasteiger partial charge in [-0.2, -0.15) is 0 Å². The van der Waals surface area contributed by atoms with E-state index < -0.39 is 6.29 Å². The van der Waals surface area contributed by atoms with E-state index in [1.807, 2.05) is 0 Å². The molecule has 1 fully saturated rings. The summed E-state index contributed by atoms with van der Waals surface area (Å²) in [7, 11) is 0. The largest absolute Gasteiger partial charge is 0.429 e. The quantitative estimate of drug-likeness (QED) is 0.709. The van der Waals surface area contributed by atoms with E-state index >= 15 is 0 Å². The van der Waals surface area contributed by atoms with E-state index in [-0.39, 0.29) is 12.1 Å². The molecule has 0 radical (unpaired) electrons. The summed E-state index contributed by atoms with van der Waals surface area (Å²) in [4.78, 5) is 11.0. The fourth-order valence-corrected chi connectivity index (χ4v) is 2.87. The highest BCUT2D eigenvalue weighted by Gasteiger charge is 2.34. The van der Waals surface area contributed by atoms with Crippen LogP contribution in [-0.4, -0.2) is 18.4 Å². The lowest BCUT2D eigenvalue weighted by Crippen LogP contribution is -2.36. The molecule has 1 heterocycles. The van der Waals surface area contributed by atoms with Gasteiger partial charge in [0.2, 0.25) is 6.29 Å². The second-order valence-corrected chi connectivity index (χ2v) is 5.67. The van der Waals surface area contributed by atoms with Crippen LogP contribution >= 0.6 is 0 Å². The standard InChI is InChI=1S/C14H22O3/c1-9(2)11-5-4-10(3)8-12(11)16-14-7-6-13(15)17-14/h6-7,9-12,14H,4-5,8H2,1-3H3/t10-,11-,12+,14+/m0/s1. The molecule has 17 heavy (non-hydrogen) atoms. The van der Waals surface area contributed by atoms with Crippen LogP contribution in [-0.2, 0) is 14.3 Å². The van der Waals surface area contributed by atoms with Gasteiger partial charge in [-0.15, -0.1) is 0 Å². The molecule has 0 unspecified atom stereocenters. The Balaban J connectivity index is 1.95. The maximum atomic E-state index is 11.0. The molecular weight excluding hydrogens is 216 g/mol. The lowest BCUT2D eigenvalue weighted by atomic mass is 9.75. The number of esters is 1. The Labute approximate surface area is 103 Å². The molecule has 2 rings (SSSR count). The first-order valence-corrected chi connectivity index (χ1v) is 6.60. The maximum Gasteiger partial charge on any atom is 0.333 e. The summed E-state index contributed by atoms with van der Waals surface area (Å²) in [5.74, 6) is 1.61. The van der Waals surface area contributed by atoms with Gasteiger partial charge in [0.1, 0.15) is 0 Å². The molecule has 3 nitrogen and oxygen atoms in total. The van der Waals surface area contributed by atoms with Crippen molar-refractivity contribution >= 4 is 5.97 Å². The average molecular weight is 238 g/mol. The van der Waals surface area contributed by atoms with Crippen LogP contribution in [0, 0.1) is 17.8 Å². The van der Waals surface area contributed by atoms with Crippen molar-refractivity contribution in [3.63, 3.8) is 0 Å². The highest BCUT2D eigenvalue weighted by molar-refractivity contribution is 5.84. The Morgan fingerprint density at radius 2 is 2.18 bits per heavy atom. The molecular formula is C14H22O3. The molecule has 1 saturated carbocycles. The molecule has 0 amide bonds. The number of carbonyl (C=O) groups is 1. The van der Waals surface area contributed by atoms with Crippen molar-refractivity contribution < 1.29 is 14.3 Å². The van der Waals surface area contributed by atoms with Gasteiger partial charge in [-0.3, -0.25) is 0 Å². The topological polar surface area (TPSA) is 35.5 Å². The van der Waals surface area contributed by atoms with Crippen LogP contribution in [0.5, 0.6) is 0 Å². The first kappa shape index (κ1) is 12.6. The van der Waals surface area contributed by atoms with Crippen molar-refractivity contribution in [2.24, 2.45) is 17.8 Å². The molecule has 0 bridgehead atoms. The zero-order valence-electron chi connectivity index (χ0n) is 10.9. The lowest BCUT2D eigenvalue weighted by molar-refractivity contribution is -0.178. The minimum Gasteiger partial charge on any atom is -0.429 e. The van der Waals surface area contributed by atoms with Gasteiger partial charge in [-0.25, -0.2) is 4.79 Å². The van der Waals surface area contributed by atoms with Crippen LogP contribution in [0.1, 0.15) is 40.0 Å². The molecule has 1 aliphatic heterocycles. The summed E-state index contributed by atoms with van der Waals surface area (Å²) < 4.78 is 11.0. The molecule has 96 valence electrons. The summed E-state index contributed by atoms with van der Waals surface area (Å²) in [6, 6.07) is 0. The summed E-state index contributed by atoms with van der Waals surface area (Å²) in [5, 5.41) is 0. The van der Waals surface area contributed by atoms with Crippen LogP contribution in [0.15, 0.2) is 12.2 Å². The van der Waals surface area contributed by atoms with Gasteiger partial charge in [0, 0.05) is 6.08 Å². The van der Waals surface area contributed by atoms with Crippen molar-refractivity contribution in [2.75, 3.05) is 0 Å². The molecule has 0 spiro atoms. The van der Waals surface area contributed by atoms with E-state index in [0.29, 0.717) is 17.8 Å². The number of cyclic esters (lactones) is 1. The number of ether oxygens (including phenoxy) is 2. The Kier molecular flexibility index (Phi) is 3.87. The molecule has 3 heteroatoms. The molecule has 4 atom stereocenters. The van der Waals surface area contributed by atoms with Gasteiger partial charge >= 0.3 is 5.97 Å². The average Bonchev–Trinajstić information content (AvgIpc) is 2.63.